The van der Waals surface area contributed by atoms with Crippen LogP contribution < -0.4 is 20.4 Å². The number of nitrogens with one attached hydrogen (secondary N) is 2. The molecule has 2 aromatic carbocycles. The Balaban J connectivity index is 1.29. The Hall–Kier alpha value is -3.73. The fourth-order valence-electron chi connectivity index (χ4n) is 3.94. The molecule has 1 saturated heterocycles. The second-order valence-corrected chi connectivity index (χ2v) is 9.10. The molecule has 11 heteroatoms. The summed E-state index contributed by atoms with van der Waals surface area (Å²) in [6.45, 7) is 0.769. The quantitative estimate of drug-likeness (QED) is 0.562. The summed E-state index contributed by atoms with van der Waals surface area (Å²) in [5.74, 6) is 0.00287. The average molecular weight is 499 g/mol. The maximum atomic E-state index is 12.7. The largest absolute Gasteiger partial charge is 0.452 e. The maximum Gasteiger partial charge on any atom is 0.414 e. The van der Waals surface area contributed by atoms with Gasteiger partial charge in [0.05, 0.1) is 36.3 Å². The first kappa shape index (κ1) is 24.4. The molecular formula is C24H26N4O6S. The van der Waals surface area contributed by atoms with Crippen LogP contribution >= 0.6 is 11.8 Å². The van der Waals surface area contributed by atoms with Crippen LogP contribution in [0.4, 0.5) is 26.7 Å². The lowest BCUT2D eigenvalue weighted by atomic mass is 10.1. The van der Waals surface area contributed by atoms with E-state index in [0.29, 0.717) is 54.3 Å². The summed E-state index contributed by atoms with van der Waals surface area (Å²) >= 11 is 1.46. The molecule has 0 radical (unpaired) electrons. The molecule has 2 aliphatic heterocycles. The molecule has 2 aliphatic rings. The first-order chi connectivity index (χ1) is 16.9. The van der Waals surface area contributed by atoms with Crippen molar-refractivity contribution in [1.82, 2.24) is 5.32 Å². The van der Waals surface area contributed by atoms with Crippen LogP contribution in [0.15, 0.2) is 47.4 Å². The van der Waals surface area contributed by atoms with E-state index in [1.165, 1.54) is 30.8 Å². The predicted molar refractivity (Wildman–Crippen MR) is 132 cm³/mol. The molecule has 1 atom stereocenters. The van der Waals surface area contributed by atoms with Crippen LogP contribution in [-0.2, 0) is 14.3 Å². The number of nitrogens with zero attached hydrogens (tertiary/aromatic N) is 2. The van der Waals surface area contributed by atoms with E-state index in [-0.39, 0.29) is 17.9 Å². The highest BCUT2D eigenvalue weighted by Gasteiger charge is 2.32. The molecule has 2 aromatic rings. The van der Waals surface area contributed by atoms with Crippen molar-refractivity contribution in [3.8, 4) is 0 Å². The SMILES string of the molecule is COC(=O)N(C)c1ccccc1C(=O)NCCC[C@H]1CN(c2ccc3c(c2)NC(=O)CS3)C(=O)O1. The minimum absolute atomic E-state index is 0.0665. The third-order valence-electron chi connectivity index (χ3n) is 5.73. The zero-order valence-electron chi connectivity index (χ0n) is 19.4. The minimum Gasteiger partial charge on any atom is -0.452 e. The van der Waals surface area contributed by atoms with Gasteiger partial charge in [0.25, 0.3) is 5.91 Å². The summed E-state index contributed by atoms with van der Waals surface area (Å²) in [5, 5.41) is 5.68. The Labute approximate surface area is 206 Å². The lowest BCUT2D eigenvalue weighted by Gasteiger charge is -2.20. The Kier molecular flexibility index (Phi) is 7.45. The van der Waals surface area contributed by atoms with Gasteiger partial charge in [0, 0.05) is 24.2 Å². The highest BCUT2D eigenvalue weighted by Crippen LogP contribution is 2.35. The Morgan fingerprint density at radius 1 is 1.26 bits per heavy atom. The van der Waals surface area contributed by atoms with Crippen LogP contribution in [0.3, 0.4) is 0 Å². The van der Waals surface area contributed by atoms with E-state index >= 15 is 0 Å². The normalized spacial score (nSPS) is 16.7. The van der Waals surface area contributed by atoms with Gasteiger partial charge in [-0.25, -0.2) is 9.59 Å². The molecule has 0 aromatic heterocycles. The summed E-state index contributed by atoms with van der Waals surface area (Å²) in [6, 6.07) is 12.3. The maximum absolute atomic E-state index is 12.7. The first-order valence-corrected chi connectivity index (χ1v) is 12.1. The number of fused-ring (bicyclic) bond motifs is 1. The molecule has 2 N–H and O–H groups in total. The molecule has 4 rings (SSSR count). The molecule has 1 fully saturated rings. The summed E-state index contributed by atoms with van der Waals surface area (Å²) in [6.07, 6.45) is -0.142. The van der Waals surface area contributed by atoms with Gasteiger partial charge in [0.1, 0.15) is 6.10 Å². The molecule has 0 aliphatic carbocycles. The highest BCUT2D eigenvalue weighted by atomic mass is 32.2. The molecular weight excluding hydrogens is 472 g/mol. The van der Waals surface area contributed by atoms with E-state index in [1.807, 2.05) is 12.1 Å². The minimum atomic E-state index is -0.571. The number of hydrogen-bond acceptors (Lipinski definition) is 7. The topological polar surface area (TPSA) is 117 Å². The van der Waals surface area contributed by atoms with Gasteiger partial charge in [-0.2, -0.15) is 0 Å². The van der Waals surface area contributed by atoms with Crippen molar-refractivity contribution >= 4 is 52.8 Å². The summed E-state index contributed by atoms with van der Waals surface area (Å²) in [7, 11) is 2.81. The molecule has 184 valence electrons. The van der Waals surface area contributed by atoms with Gasteiger partial charge in [0.2, 0.25) is 5.91 Å². The number of anilines is 3. The van der Waals surface area contributed by atoms with Gasteiger partial charge in [0.15, 0.2) is 0 Å². The van der Waals surface area contributed by atoms with Crippen LogP contribution in [0, 0.1) is 0 Å². The number of rotatable bonds is 7. The van der Waals surface area contributed by atoms with Crippen molar-refractivity contribution in [2.45, 2.75) is 23.8 Å². The number of amides is 4. The number of methoxy groups -OCH3 is 1. The number of carbonyl (C=O) groups is 4. The molecule has 2 heterocycles. The van der Waals surface area contributed by atoms with Gasteiger partial charge in [-0.1, -0.05) is 12.1 Å². The fraction of sp³-hybridized carbons (Fsp3) is 0.333. The molecule has 4 amide bonds. The van der Waals surface area contributed by atoms with E-state index in [4.69, 9.17) is 9.47 Å². The van der Waals surface area contributed by atoms with Gasteiger partial charge < -0.3 is 20.1 Å². The third kappa shape index (κ3) is 5.51. The number of thioether (sulfide) groups is 1. The number of carbonyl (C=O) groups excluding carboxylic acids is 4. The van der Waals surface area contributed by atoms with Crippen LogP contribution in [-0.4, -0.2) is 63.1 Å². The van der Waals surface area contributed by atoms with Crippen molar-refractivity contribution in [3.63, 3.8) is 0 Å². The summed E-state index contributed by atoms with van der Waals surface area (Å²) < 4.78 is 10.2. The molecule has 0 spiro atoms. The third-order valence-corrected chi connectivity index (χ3v) is 6.80. The van der Waals surface area contributed by atoms with Gasteiger partial charge in [-0.15, -0.1) is 11.8 Å². The van der Waals surface area contributed by atoms with Crippen LogP contribution in [0.25, 0.3) is 0 Å². The average Bonchev–Trinajstić information content (AvgIpc) is 3.25. The van der Waals surface area contributed by atoms with Crippen molar-refractivity contribution < 1.29 is 28.7 Å². The second-order valence-electron chi connectivity index (χ2n) is 8.08. The Bertz CT molecular complexity index is 1160. The Morgan fingerprint density at radius 2 is 2.06 bits per heavy atom. The lowest BCUT2D eigenvalue weighted by Crippen LogP contribution is -2.31. The van der Waals surface area contributed by atoms with Crippen LogP contribution in [0.2, 0.25) is 0 Å². The number of benzene rings is 2. The predicted octanol–water partition coefficient (Wildman–Crippen LogP) is 3.47. The smallest absolute Gasteiger partial charge is 0.414 e. The van der Waals surface area contributed by atoms with Crippen LogP contribution in [0.1, 0.15) is 23.2 Å². The number of ether oxygens (including phenoxy) is 2. The van der Waals surface area contributed by atoms with Gasteiger partial charge in [-0.3, -0.25) is 19.4 Å². The van der Waals surface area contributed by atoms with E-state index in [2.05, 4.69) is 10.6 Å². The molecule has 0 unspecified atom stereocenters. The fourth-order valence-corrected chi connectivity index (χ4v) is 4.73. The second kappa shape index (κ2) is 10.7. The lowest BCUT2D eigenvalue weighted by molar-refractivity contribution is -0.113. The zero-order chi connectivity index (χ0) is 24.9. The van der Waals surface area contributed by atoms with Crippen LogP contribution in [0.5, 0.6) is 0 Å². The van der Waals surface area contributed by atoms with Crippen molar-refractivity contribution in [1.29, 1.82) is 0 Å². The molecule has 10 nitrogen and oxygen atoms in total. The van der Waals surface area contributed by atoms with E-state index in [1.54, 1.807) is 35.2 Å². The Morgan fingerprint density at radius 3 is 2.86 bits per heavy atom. The molecule has 35 heavy (non-hydrogen) atoms. The number of cyclic esters (lactones) is 1. The standard InChI is InChI=1S/C24H26N4O6S/c1-27(23(31)33-2)19-8-4-3-7-17(19)22(30)25-11-5-6-16-13-28(24(32)34-16)15-9-10-20-18(12-15)26-21(29)14-35-20/h3-4,7-10,12,16H,5-6,11,13-14H2,1-2H3,(H,25,30)(H,26,29)/t16-/m0/s1. The molecule has 0 bridgehead atoms. The van der Waals surface area contributed by atoms with Crippen molar-refractivity contribution in [3.05, 3.63) is 48.0 Å². The summed E-state index contributed by atoms with van der Waals surface area (Å²) in [4.78, 5) is 52.4. The molecule has 0 saturated carbocycles. The van der Waals surface area contributed by atoms with Crippen molar-refractivity contribution in [2.75, 3.05) is 48.1 Å². The highest BCUT2D eigenvalue weighted by molar-refractivity contribution is 8.00. The van der Waals surface area contributed by atoms with Gasteiger partial charge >= 0.3 is 12.2 Å². The monoisotopic (exact) mass is 498 g/mol. The number of hydrogen-bond donors (Lipinski definition) is 2. The van der Waals surface area contributed by atoms with E-state index in [0.717, 1.165) is 4.90 Å². The number of para-hydroxylation sites is 1. The van der Waals surface area contributed by atoms with Gasteiger partial charge in [-0.05, 0) is 43.2 Å². The zero-order valence-corrected chi connectivity index (χ0v) is 20.2. The summed E-state index contributed by atoms with van der Waals surface area (Å²) in [5.41, 5.74) is 2.16. The first-order valence-electron chi connectivity index (χ1n) is 11.1. The van der Waals surface area contributed by atoms with E-state index in [9.17, 15) is 19.2 Å². The van der Waals surface area contributed by atoms with E-state index < -0.39 is 12.2 Å². The van der Waals surface area contributed by atoms with Crippen molar-refractivity contribution in [2.24, 2.45) is 0 Å².